The van der Waals surface area contributed by atoms with Crippen molar-refractivity contribution in [2.75, 3.05) is 6.54 Å². The number of unbranched alkanes of at least 4 members (excludes halogenated alkanes) is 3. The zero-order valence-electron chi connectivity index (χ0n) is 13.8. The summed E-state index contributed by atoms with van der Waals surface area (Å²) < 4.78 is 27.4. The minimum absolute atomic E-state index is 0.274. The minimum atomic E-state index is -3.56. The van der Waals surface area contributed by atoms with Gasteiger partial charge in [0.2, 0.25) is 0 Å². The van der Waals surface area contributed by atoms with Gasteiger partial charge < -0.3 is 0 Å². The highest BCUT2D eigenvalue weighted by atomic mass is 79.9. The lowest BCUT2D eigenvalue weighted by molar-refractivity contribution is 0.455. The first kappa shape index (κ1) is 20.5. The highest BCUT2D eigenvalue weighted by Crippen LogP contribution is 2.26. The number of allylic oxidation sites excluding steroid dienone is 1. The van der Waals surface area contributed by atoms with E-state index >= 15 is 0 Å². The molecule has 23 heavy (non-hydrogen) atoms. The third kappa shape index (κ3) is 6.12. The second-order valence-electron chi connectivity index (χ2n) is 5.44. The maximum atomic E-state index is 12.9. The molecule has 0 atom stereocenters. The predicted octanol–water partition coefficient (Wildman–Crippen LogP) is 5.95. The van der Waals surface area contributed by atoms with E-state index in [9.17, 15) is 8.42 Å². The van der Waals surface area contributed by atoms with Crippen LogP contribution in [-0.4, -0.2) is 19.3 Å². The summed E-state index contributed by atoms with van der Waals surface area (Å²) in [6.07, 6.45) is 5.94. The van der Waals surface area contributed by atoms with Crippen molar-refractivity contribution in [3.05, 3.63) is 40.0 Å². The van der Waals surface area contributed by atoms with Gasteiger partial charge in [0.15, 0.2) is 0 Å². The SMILES string of the molecule is CCCCCC/C(=C/Br)N(CCC)S(=O)(=O)c1ccc(Cl)cc1. The van der Waals surface area contributed by atoms with Crippen molar-refractivity contribution >= 4 is 37.6 Å². The molecule has 1 aromatic carbocycles. The first-order valence-corrected chi connectivity index (χ1v) is 10.8. The molecule has 130 valence electrons. The van der Waals surface area contributed by atoms with E-state index in [2.05, 4.69) is 22.9 Å². The van der Waals surface area contributed by atoms with E-state index in [1.165, 1.54) is 10.7 Å². The fraction of sp³-hybridized carbons (Fsp3) is 0.529. The van der Waals surface area contributed by atoms with Gasteiger partial charge in [0, 0.05) is 22.2 Å². The molecule has 0 fully saturated rings. The molecule has 0 radical (unpaired) electrons. The van der Waals surface area contributed by atoms with Crippen LogP contribution in [0.1, 0.15) is 52.4 Å². The van der Waals surface area contributed by atoms with E-state index in [0.29, 0.717) is 11.6 Å². The van der Waals surface area contributed by atoms with Crippen LogP contribution in [0.25, 0.3) is 0 Å². The Morgan fingerprint density at radius 1 is 1.13 bits per heavy atom. The monoisotopic (exact) mass is 421 g/mol. The largest absolute Gasteiger partial charge is 0.270 e. The Morgan fingerprint density at radius 2 is 1.78 bits per heavy atom. The van der Waals surface area contributed by atoms with Crippen LogP contribution in [0.15, 0.2) is 39.8 Å². The number of rotatable bonds is 10. The lowest BCUT2D eigenvalue weighted by atomic mass is 10.1. The summed E-state index contributed by atoms with van der Waals surface area (Å²) in [4.78, 5) is 2.01. The number of nitrogens with zero attached hydrogens (tertiary/aromatic N) is 1. The lowest BCUT2D eigenvalue weighted by Gasteiger charge is -2.26. The zero-order valence-corrected chi connectivity index (χ0v) is 16.9. The van der Waals surface area contributed by atoms with Gasteiger partial charge in [-0.3, -0.25) is 4.31 Å². The van der Waals surface area contributed by atoms with Crippen LogP contribution in [0, 0.1) is 0 Å². The number of hydrogen-bond donors (Lipinski definition) is 0. The molecule has 0 spiro atoms. The Morgan fingerprint density at radius 3 is 2.30 bits per heavy atom. The Kier molecular flexibility index (Phi) is 9.25. The van der Waals surface area contributed by atoms with Gasteiger partial charge in [-0.1, -0.05) is 60.6 Å². The topological polar surface area (TPSA) is 37.4 Å². The second kappa shape index (κ2) is 10.4. The standard InChI is InChI=1S/C17H25BrClNO2S/c1-3-5-6-7-8-16(14-18)20(13-4-2)23(21,22)17-11-9-15(19)10-12-17/h9-12,14H,3-8,13H2,1-2H3/b16-14-. The van der Waals surface area contributed by atoms with Crippen molar-refractivity contribution < 1.29 is 8.42 Å². The zero-order chi connectivity index (χ0) is 17.3. The van der Waals surface area contributed by atoms with Crippen LogP contribution in [0.4, 0.5) is 0 Å². The molecule has 0 aliphatic carbocycles. The molecule has 3 nitrogen and oxygen atoms in total. The van der Waals surface area contributed by atoms with Gasteiger partial charge >= 0.3 is 0 Å². The summed E-state index contributed by atoms with van der Waals surface area (Å²) in [6, 6.07) is 6.33. The van der Waals surface area contributed by atoms with Crippen molar-refractivity contribution in [3.8, 4) is 0 Å². The molecule has 0 unspecified atom stereocenters. The fourth-order valence-corrected chi connectivity index (χ4v) is 4.67. The molecule has 1 rings (SSSR count). The summed E-state index contributed by atoms with van der Waals surface area (Å²) in [6.45, 7) is 4.61. The predicted molar refractivity (Wildman–Crippen MR) is 101 cm³/mol. The van der Waals surface area contributed by atoms with Crippen molar-refractivity contribution in [2.45, 2.75) is 57.3 Å². The quantitative estimate of drug-likeness (QED) is 0.437. The first-order valence-electron chi connectivity index (χ1n) is 8.04. The van der Waals surface area contributed by atoms with Crippen LogP contribution in [0.5, 0.6) is 0 Å². The molecule has 0 saturated heterocycles. The normalized spacial score (nSPS) is 12.4. The lowest BCUT2D eigenvalue weighted by Crippen LogP contribution is -2.31. The Bertz CT molecular complexity index is 600. The number of hydrogen-bond acceptors (Lipinski definition) is 2. The summed E-state index contributed by atoms with van der Waals surface area (Å²) in [5.74, 6) is 0. The average Bonchev–Trinajstić information content (AvgIpc) is 2.54. The summed E-state index contributed by atoms with van der Waals surface area (Å²) in [7, 11) is -3.56. The molecule has 0 aromatic heterocycles. The average molecular weight is 423 g/mol. The third-order valence-electron chi connectivity index (χ3n) is 3.56. The number of benzene rings is 1. The van der Waals surface area contributed by atoms with Crippen LogP contribution in [-0.2, 0) is 10.0 Å². The molecule has 0 aliphatic rings. The maximum absolute atomic E-state index is 12.9. The van der Waals surface area contributed by atoms with Crippen LogP contribution in [0.2, 0.25) is 5.02 Å². The first-order chi connectivity index (χ1) is 11.0. The Balaban J connectivity index is 3.00. The maximum Gasteiger partial charge on any atom is 0.264 e. The van der Waals surface area contributed by atoms with Gasteiger partial charge in [0.05, 0.1) is 4.90 Å². The van der Waals surface area contributed by atoms with E-state index in [-0.39, 0.29) is 4.90 Å². The molecule has 1 aromatic rings. The van der Waals surface area contributed by atoms with Gasteiger partial charge in [-0.15, -0.1) is 0 Å². The Labute approximate surface area is 153 Å². The van der Waals surface area contributed by atoms with Gasteiger partial charge in [-0.05, 0) is 43.5 Å². The van der Waals surface area contributed by atoms with Gasteiger partial charge in [-0.25, -0.2) is 8.42 Å². The highest BCUT2D eigenvalue weighted by molar-refractivity contribution is 9.11. The van der Waals surface area contributed by atoms with Gasteiger partial charge in [-0.2, -0.15) is 0 Å². The van der Waals surface area contributed by atoms with Gasteiger partial charge in [0.1, 0.15) is 0 Å². The summed E-state index contributed by atoms with van der Waals surface area (Å²) in [5, 5.41) is 0.529. The van der Waals surface area contributed by atoms with E-state index < -0.39 is 10.0 Å². The number of halogens is 2. The Hall–Kier alpha value is -0.520. The molecule has 0 amide bonds. The third-order valence-corrected chi connectivity index (χ3v) is 6.21. The van der Waals surface area contributed by atoms with Crippen molar-refractivity contribution in [1.29, 1.82) is 0 Å². The molecule has 0 aliphatic heterocycles. The van der Waals surface area contributed by atoms with Crippen molar-refractivity contribution in [2.24, 2.45) is 0 Å². The summed E-state index contributed by atoms with van der Waals surface area (Å²) in [5.41, 5.74) is 0.804. The molecule has 0 N–H and O–H groups in total. The van der Waals surface area contributed by atoms with Crippen LogP contribution in [0.3, 0.4) is 0 Å². The minimum Gasteiger partial charge on any atom is -0.270 e. The van der Waals surface area contributed by atoms with E-state index in [4.69, 9.17) is 11.6 Å². The molecule has 0 heterocycles. The van der Waals surface area contributed by atoms with E-state index in [1.807, 2.05) is 6.92 Å². The fourth-order valence-electron chi connectivity index (χ4n) is 2.32. The van der Waals surface area contributed by atoms with Gasteiger partial charge in [0.25, 0.3) is 10.0 Å². The molecule has 0 saturated carbocycles. The molecule has 6 heteroatoms. The van der Waals surface area contributed by atoms with E-state index in [0.717, 1.165) is 37.8 Å². The van der Waals surface area contributed by atoms with Crippen molar-refractivity contribution in [1.82, 2.24) is 4.31 Å². The second-order valence-corrected chi connectivity index (χ2v) is 8.20. The molecular formula is C17H25BrClNO2S. The smallest absolute Gasteiger partial charge is 0.264 e. The highest BCUT2D eigenvalue weighted by Gasteiger charge is 2.25. The van der Waals surface area contributed by atoms with E-state index in [1.54, 1.807) is 29.3 Å². The summed E-state index contributed by atoms with van der Waals surface area (Å²) >= 11 is 9.21. The van der Waals surface area contributed by atoms with Crippen LogP contribution >= 0.6 is 27.5 Å². The molecule has 0 bridgehead atoms. The van der Waals surface area contributed by atoms with Crippen molar-refractivity contribution in [3.63, 3.8) is 0 Å². The molecular weight excluding hydrogens is 398 g/mol. The van der Waals surface area contributed by atoms with Crippen LogP contribution < -0.4 is 0 Å². The number of sulfonamides is 1.